The monoisotopic (exact) mass is 637 g/mol. The number of rotatable bonds is 10. The minimum atomic E-state index is -0.568. The van der Waals surface area contributed by atoms with Crippen molar-refractivity contribution >= 4 is 29.8 Å². The van der Waals surface area contributed by atoms with Crippen molar-refractivity contribution < 1.29 is 19.2 Å². The first kappa shape index (κ1) is 40.4. The van der Waals surface area contributed by atoms with E-state index in [2.05, 4.69) is 56.1 Å². The number of piperidine rings is 1. The quantitative estimate of drug-likeness (QED) is 0.206. The number of anilines is 1. The van der Waals surface area contributed by atoms with Gasteiger partial charge in [0.1, 0.15) is 6.04 Å². The van der Waals surface area contributed by atoms with Gasteiger partial charge in [0.05, 0.1) is 12.6 Å². The Morgan fingerprint density at radius 1 is 0.978 bits per heavy atom. The number of amides is 4. The van der Waals surface area contributed by atoms with E-state index in [4.69, 9.17) is 6.42 Å². The van der Waals surface area contributed by atoms with Crippen LogP contribution in [0.3, 0.4) is 0 Å². The van der Waals surface area contributed by atoms with E-state index in [0.29, 0.717) is 30.6 Å². The van der Waals surface area contributed by atoms with Crippen LogP contribution in [0.5, 0.6) is 0 Å². The molecule has 9 heteroatoms. The van der Waals surface area contributed by atoms with Crippen LogP contribution in [0.15, 0.2) is 35.9 Å². The van der Waals surface area contributed by atoms with Crippen molar-refractivity contribution in [3.63, 3.8) is 0 Å². The number of likely N-dealkylation sites (tertiary alicyclic amines) is 2. The molecule has 9 nitrogen and oxygen atoms in total. The van der Waals surface area contributed by atoms with E-state index < -0.39 is 6.04 Å². The van der Waals surface area contributed by atoms with Crippen LogP contribution in [0.1, 0.15) is 93.1 Å². The van der Waals surface area contributed by atoms with E-state index in [9.17, 15) is 19.2 Å². The number of nitrogens with zero attached hydrogens (tertiary/aromatic N) is 3. The summed E-state index contributed by atoms with van der Waals surface area (Å²) in [5.74, 6) is 2.68. The summed E-state index contributed by atoms with van der Waals surface area (Å²) in [4.78, 5) is 54.6. The maximum atomic E-state index is 13.2. The average Bonchev–Trinajstić information content (AvgIpc) is 3.52. The fourth-order valence-corrected chi connectivity index (χ4v) is 5.32. The van der Waals surface area contributed by atoms with Crippen molar-refractivity contribution in [1.82, 2.24) is 20.0 Å². The molecule has 4 amide bonds. The van der Waals surface area contributed by atoms with Crippen molar-refractivity contribution in [3.8, 4) is 12.3 Å². The molecule has 2 fully saturated rings. The molecule has 0 radical (unpaired) electrons. The lowest BCUT2D eigenvalue weighted by atomic mass is 9.99. The molecule has 256 valence electrons. The Labute approximate surface area is 278 Å². The van der Waals surface area contributed by atoms with Crippen LogP contribution in [0.25, 0.3) is 0 Å². The van der Waals surface area contributed by atoms with Crippen LogP contribution in [0.2, 0.25) is 0 Å². The molecule has 1 aromatic carbocycles. The minimum absolute atomic E-state index is 0.0431. The third kappa shape index (κ3) is 14.2. The number of nitrogens with one attached hydrogen (secondary N) is 2. The van der Waals surface area contributed by atoms with Crippen LogP contribution >= 0.6 is 0 Å². The Bertz CT molecular complexity index is 1160. The summed E-state index contributed by atoms with van der Waals surface area (Å²) in [6.07, 6.45) is 13.2. The van der Waals surface area contributed by atoms with Gasteiger partial charge in [0.15, 0.2) is 0 Å². The summed E-state index contributed by atoms with van der Waals surface area (Å²) in [6, 6.07) is 6.83. The Morgan fingerprint density at radius 2 is 1.57 bits per heavy atom. The van der Waals surface area contributed by atoms with Crippen molar-refractivity contribution in [1.29, 1.82) is 0 Å². The van der Waals surface area contributed by atoms with Crippen molar-refractivity contribution in [2.75, 3.05) is 38.5 Å². The van der Waals surface area contributed by atoms with Gasteiger partial charge in [0, 0.05) is 36.5 Å². The molecule has 2 aliphatic rings. The van der Waals surface area contributed by atoms with Gasteiger partial charge in [0.2, 0.25) is 24.1 Å². The Morgan fingerprint density at radius 3 is 2.04 bits per heavy atom. The fourth-order valence-electron chi connectivity index (χ4n) is 5.32. The van der Waals surface area contributed by atoms with Gasteiger partial charge in [0.25, 0.3) is 0 Å². The number of hydrogen-bond donors (Lipinski definition) is 2. The van der Waals surface area contributed by atoms with E-state index in [1.807, 2.05) is 13.8 Å². The normalized spacial score (nSPS) is 17.2. The molecule has 2 atom stereocenters. The highest BCUT2D eigenvalue weighted by atomic mass is 16.2. The zero-order valence-corrected chi connectivity index (χ0v) is 29.8. The number of hydrogen-bond acceptors (Lipinski definition) is 5. The highest BCUT2D eigenvalue weighted by molar-refractivity contribution is 6.01. The van der Waals surface area contributed by atoms with Gasteiger partial charge >= 0.3 is 0 Å². The highest BCUT2D eigenvalue weighted by Crippen LogP contribution is 2.23. The largest absolute Gasteiger partial charge is 0.350 e. The summed E-state index contributed by atoms with van der Waals surface area (Å²) >= 11 is 0. The molecule has 46 heavy (non-hydrogen) atoms. The molecule has 0 aromatic heterocycles. The lowest BCUT2D eigenvalue weighted by molar-refractivity contribution is -0.133. The molecule has 2 heterocycles. The van der Waals surface area contributed by atoms with E-state index in [1.54, 1.807) is 49.2 Å². The third-order valence-electron chi connectivity index (χ3n) is 7.87. The standard InChI is InChI=1S/C25H32N4O4.C8H17N.C4H10/c1-6-19-9-11-20(12-10-19)27-24(32)21-8-7-13-29(21)25(33)18(4)14-22(17(2)3)28(5)23(31)15-26-16-30;1-8(2)9-6-4-3-5-7-9;1-4(2)3/h1,9-12,14,16-17,21-22H,7-8,13,15H2,2-5H3,(H,26,30)(H,27,32);8H,3-7H2,1-2H3;4H,1-3H3/b18-14+;;/t21-,22?;;/m0../s1. The summed E-state index contributed by atoms with van der Waals surface area (Å²) in [7, 11) is 1.64. The van der Waals surface area contributed by atoms with Crippen molar-refractivity contribution in [2.45, 2.75) is 106 Å². The summed E-state index contributed by atoms with van der Waals surface area (Å²) in [5.41, 5.74) is 1.81. The summed E-state index contributed by atoms with van der Waals surface area (Å²) in [6.45, 7) is 19.7. The van der Waals surface area contributed by atoms with Gasteiger partial charge < -0.3 is 25.3 Å². The second-order valence-corrected chi connectivity index (χ2v) is 13.4. The van der Waals surface area contributed by atoms with Crippen molar-refractivity contribution in [3.05, 3.63) is 41.5 Å². The lowest BCUT2D eigenvalue weighted by Gasteiger charge is -2.30. The molecule has 2 saturated heterocycles. The molecule has 0 bridgehead atoms. The second-order valence-electron chi connectivity index (χ2n) is 13.4. The van der Waals surface area contributed by atoms with Gasteiger partial charge in [-0.3, -0.25) is 19.2 Å². The SMILES string of the molecule is C#Cc1ccc(NC(=O)[C@@H]2CCCN2C(=O)/C(C)=C/C(C(C)C)N(C)C(=O)CNC=O)cc1.CC(C)C.CC(C)N1CCCCC1. The maximum Gasteiger partial charge on any atom is 0.249 e. The Hall–Kier alpha value is -3.64. The average molecular weight is 638 g/mol. The number of benzene rings is 1. The van der Waals surface area contributed by atoms with E-state index in [0.717, 1.165) is 23.9 Å². The molecule has 2 N–H and O–H groups in total. The zero-order valence-electron chi connectivity index (χ0n) is 29.8. The minimum Gasteiger partial charge on any atom is -0.350 e. The fraction of sp³-hybridized carbons (Fsp3) is 0.622. The molecule has 1 aromatic rings. The Balaban J connectivity index is 0.000000674. The maximum absolute atomic E-state index is 13.2. The molecule has 2 aliphatic heterocycles. The molecule has 0 saturated carbocycles. The molecule has 0 spiro atoms. The lowest BCUT2D eigenvalue weighted by Crippen LogP contribution is -2.45. The number of terminal acetylenes is 1. The number of likely N-dealkylation sites (N-methyl/N-ethyl adjacent to an activating group) is 1. The Kier molecular flexibility index (Phi) is 18.6. The first-order chi connectivity index (χ1) is 21.7. The topological polar surface area (TPSA) is 102 Å². The second kappa shape index (κ2) is 21.2. The van der Waals surface area contributed by atoms with E-state index in [1.165, 1.54) is 37.3 Å². The molecule has 3 rings (SSSR count). The van der Waals surface area contributed by atoms with Gasteiger partial charge in [-0.15, -0.1) is 6.42 Å². The van der Waals surface area contributed by atoms with Crippen LogP contribution in [0, 0.1) is 24.2 Å². The van der Waals surface area contributed by atoms with Crippen molar-refractivity contribution in [2.24, 2.45) is 11.8 Å². The van der Waals surface area contributed by atoms with Crippen LogP contribution in [0.4, 0.5) is 5.69 Å². The predicted octanol–water partition coefficient (Wildman–Crippen LogP) is 5.32. The number of carbonyl (C=O) groups excluding carboxylic acids is 4. The van der Waals surface area contributed by atoms with Crippen LogP contribution < -0.4 is 10.6 Å². The van der Waals surface area contributed by atoms with Gasteiger partial charge in [-0.1, -0.05) is 53.0 Å². The summed E-state index contributed by atoms with van der Waals surface area (Å²) in [5, 5.41) is 5.23. The first-order valence-corrected chi connectivity index (χ1v) is 16.8. The van der Waals surface area contributed by atoms with E-state index >= 15 is 0 Å². The van der Waals surface area contributed by atoms with Crippen LogP contribution in [-0.4, -0.2) is 90.2 Å². The van der Waals surface area contributed by atoms with Crippen LogP contribution in [-0.2, 0) is 19.2 Å². The third-order valence-corrected chi connectivity index (χ3v) is 7.87. The summed E-state index contributed by atoms with van der Waals surface area (Å²) < 4.78 is 0. The highest BCUT2D eigenvalue weighted by Gasteiger charge is 2.35. The predicted molar refractivity (Wildman–Crippen MR) is 188 cm³/mol. The first-order valence-electron chi connectivity index (χ1n) is 16.8. The molecule has 1 unspecified atom stereocenters. The molecular formula is C37H59N5O4. The van der Waals surface area contributed by atoms with E-state index in [-0.39, 0.29) is 36.2 Å². The number of carbonyl (C=O) groups is 4. The van der Waals surface area contributed by atoms with Gasteiger partial charge in [-0.25, -0.2) is 0 Å². The van der Waals surface area contributed by atoms with Gasteiger partial charge in [-0.05, 0) is 95.6 Å². The smallest absolute Gasteiger partial charge is 0.249 e. The zero-order chi connectivity index (χ0) is 34.8. The molecule has 0 aliphatic carbocycles. The van der Waals surface area contributed by atoms with Gasteiger partial charge in [-0.2, -0.15) is 0 Å². The molecular weight excluding hydrogens is 578 g/mol.